The van der Waals surface area contributed by atoms with E-state index in [1.54, 1.807) is 0 Å². The molecule has 1 saturated heterocycles. The van der Waals surface area contributed by atoms with Gasteiger partial charge >= 0.3 is 0 Å². The zero-order valence-electron chi connectivity index (χ0n) is 10.8. The van der Waals surface area contributed by atoms with Gasteiger partial charge in [0, 0.05) is 29.5 Å². The van der Waals surface area contributed by atoms with Crippen molar-refractivity contribution in [3.05, 3.63) is 28.5 Å². The van der Waals surface area contributed by atoms with E-state index in [1.165, 1.54) is 50.6 Å². The third kappa shape index (κ3) is 2.77. The summed E-state index contributed by atoms with van der Waals surface area (Å²) in [7, 11) is 0. The zero-order chi connectivity index (χ0) is 12.4. The monoisotopic (exact) mass is 308 g/mol. The Balaban J connectivity index is 1.71. The molecule has 0 N–H and O–H groups in total. The van der Waals surface area contributed by atoms with Crippen LogP contribution in [0.3, 0.4) is 0 Å². The fourth-order valence-electron chi connectivity index (χ4n) is 3.70. The van der Waals surface area contributed by atoms with Crippen molar-refractivity contribution in [1.29, 1.82) is 0 Å². The molecule has 3 rings (SSSR count). The number of piperidine rings is 1. The average molecular weight is 309 g/mol. The first-order valence-electron chi connectivity index (χ1n) is 7.16. The van der Waals surface area contributed by atoms with Crippen molar-refractivity contribution in [3.63, 3.8) is 0 Å². The van der Waals surface area contributed by atoms with Gasteiger partial charge in [-0.2, -0.15) is 0 Å². The molecule has 2 heterocycles. The Hall–Kier alpha value is -0.410. The summed E-state index contributed by atoms with van der Waals surface area (Å²) in [4.78, 5) is 6.99. The number of fused-ring (bicyclic) bond motifs is 1. The average Bonchev–Trinajstić information content (AvgIpc) is 2.39. The predicted molar refractivity (Wildman–Crippen MR) is 77.3 cm³/mol. The van der Waals surface area contributed by atoms with Crippen LogP contribution < -0.4 is 0 Å². The van der Waals surface area contributed by atoms with Crippen LogP contribution in [0.15, 0.2) is 22.9 Å². The minimum absolute atomic E-state index is 0.839. The molecule has 2 nitrogen and oxygen atoms in total. The van der Waals surface area contributed by atoms with Crippen molar-refractivity contribution < 1.29 is 0 Å². The summed E-state index contributed by atoms with van der Waals surface area (Å²) in [5.74, 6) is 0.965. The number of aromatic nitrogens is 1. The van der Waals surface area contributed by atoms with E-state index in [-0.39, 0.29) is 0 Å². The largest absolute Gasteiger partial charge is 0.296 e. The van der Waals surface area contributed by atoms with E-state index in [1.807, 2.05) is 12.4 Å². The van der Waals surface area contributed by atoms with Crippen molar-refractivity contribution in [2.45, 2.75) is 51.1 Å². The third-order valence-corrected chi connectivity index (χ3v) is 4.94. The number of likely N-dealkylation sites (tertiary alicyclic amines) is 1. The molecule has 0 radical (unpaired) electrons. The molecular weight excluding hydrogens is 288 g/mol. The third-order valence-electron chi connectivity index (χ3n) is 4.51. The molecule has 1 aliphatic carbocycles. The molecule has 2 aliphatic rings. The van der Waals surface area contributed by atoms with E-state index in [4.69, 9.17) is 0 Å². The molecule has 0 amide bonds. The Morgan fingerprint density at radius 2 is 2.00 bits per heavy atom. The molecule has 0 aromatic carbocycles. The van der Waals surface area contributed by atoms with Gasteiger partial charge in [-0.15, -0.1) is 0 Å². The fourth-order valence-corrected chi connectivity index (χ4v) is 4.11. The maximum absolute atomic E-state index is 4.28. The van der Waals surface area contributed by atoms with Crippen LogP contribution in [0.2, 0.25) is 0 Å². The van der Waals surface area contributed by atoms with Crippen molar-refractivity contribution in [1.82, 2.24) is 9.88 Å². The summed E-state index contributed by atoms with van der Waals surface area (Å²) in [5, 5.41) is 0. The summed E-state index contributed by atoms with van der Waals surface area (Å²) in [6, 6.07) is 3.05. The van der Waals surface area contributed by atoms with Crippen LogP contribution in [0.4, 0.5) is 0 Å². The first-order chi connectivity index (χ1) is 8.83. The minimum Gasteiger partial charge on any atom is -0.296 e. The number of nitrogens with zero attached hydrogens (tertiary/aromatic N) is 2. The second kappa shape index (κ2) is 5.70. The van der Waals surface area contributed by atoms with Crippen LogP contribution in [-0.4, -0.2) is 22.5 Å². The Kier molecular flexibility index (Phi) is 4.00. The molecule has 1 aromatic heterocycles. The van der Waals surface area contributed by atoms with Gasteiger partial charge < -0.3 is 0 Å². The Bertz CT molecular complexity index is 405. The summed E-state index contributed by atoms with van der Waals surface area (Å²) >= 11 is 3.51. The highest BCUT2D eigenvalue weighted by Gasteiger charge is 2.32. The van der Waals surface area contributed by atoms with Gasteiger partial charge in [-0.25, -0.2) is 0 Å². The molecule has 2 unspecified atom stereocenters. The van der Waals surface area contributed by atoms with Gasteiger partial charge in [-0.1, -0.05) is 12.8 Å². The van der Waals surface area contributed by atoms with Gasteiger partial charge in [0.25, 0.3) is 0 Å². The van der Waals surface area contributed by atoms with Gasteiger partial charge in [-0.3, -0.25) is 9.88 Å². The fraction of sp³-hybridized carbons (Fsp3) is 0.667. The Morgan fingerprint density at radius 1 is 1.17 bits per heavy atom. The number of hydrogen-bond acceptors (Lipinski definition) is 2. The lowest BCUT2D eigenvalue weighted by Gasteiger charge is -2.44. The molecule has 0 bridgehead atoms. The van der Waals surface area contributed by atoms with E-state index in [0.717, 1.165) is 23.0 Å². The predicted octanol–water partition coefficient (Wildman–Crippen LogP) is 4.00. The lowest BCUT2D eigenvalue weighted by Crippen LogP contribution is -2.46. The number of hydrogen-bond donors (Lipinski definition) is 0. The molecule has 1 saturated carbocycles. The highest BCUT2D eigenvalue weighted by molar-refractivity contribution is 9.10. The highest BCUT2D eigenvalue weighted by Crippen LogP contribution is 2.35. The number of pyridine rings is 1. The molecule has 98 valence electrons. The van der Waals surface area contributed by atoms with Crippen molar-refractivity contribution in [2.75, 3.05) is 6.54 Å². The number of rotatable bonds is 2. The quantitative estimate of drug-likeness (QED) is 0.821. The first-order valence-corrected chi connectivity index (χ1v) is 7.96. The van der Waals surface area contributed by atoms with Crippen LogP contribution in [0.25, 0.3) is 0 Å². The molecule has 1 aromatic rings. The summed E-state index contributed by atoms with van der Waals surface area (Å²) in [5.41, 5.74) is 1.34. The van der Waals surface area contributed by atoms with Gasteiger partial charge in [0.05, 0.1) is 0 Å². The first kappa shape index (κ1) is 12.6. The van der Waals surface area contributed by atoms with Crippen LogP contribution in [0.1, 0.15) is 44.1 Å². The van der Waals surface area contributed by atoms with Crippen molar-refractivity contribution >= 4 is 15.9 Å². The Labute approximate surface area is 118 Å². The molecule has 1 aliphatic heterocycles. The lowest BCUT2D eigenvalue weighted by molar-refractivity contribution is 0.0546. The van der Waals surface area contributed by atoms with Crippen LogP contribution in [0, 0.1) is 5.92 Å². The summed E-state index contributed by atoms with van der Waals surface area (Å²) < 4.78 is 1.09. The second-order valence-corrected chi connectivity index (χ2v) is 6.65. The summed E-state index contributed by atoms with van der Waals surface area (Å²) in [6.45, 7) is 2.35. The maximum Gasteiger partial charge on any atom is 0.0410 e. The molecular formula is C15H21BrN2. The normalized spacial score (nSPS) is 28.9. The van der Waals surface area contributed by atoms with E-state index in [9.17, 15) is 0 Å². The highest BCUT2D eigenvalue weighted by atomic mass is 79.9. The standard InChI is InChI=1S/C15H21BrN2/c16-14-8-12(9-17-10-14)11-18-7-3-5-13-4-1-2-6-15(13)18/h8-10,13,15H,1-7,11H2. The molecule has 0 spiro atoms. The van der Waals surface area contributed by atoms with Gasteiger partial charge in [0.15, 0.2) is 0 Å². The van der Waals surface area contributed by atoms with E-state index >= 15 is 0 Å². The minimum atomic E-state index is 0.839. The maximum atomic E-state index is 4.28. The molecule has 2 fully saturated rings. The van der Waals surface area contributed by atoms with Gasteiger partial charge in [0.2, 0.25) is 0 Å². The van der Waals surface area contributed by atoms with Crippen LogP contribution in [0.5, 0.6) is 0 Å². The van der Waals surface area contributed by atoms with Crippen molar-refractivity contribution in [2.24, 2.45) is 5.92 Å². The lowest BCUT2D eigenvalue weighted by atomic mass is 9.78. The smallest absolute Gasteiger partial charge is 0.0410 e. The van der Waals surface area contributed by atoms with Gasteiger partial charge in [0.1, 0.15) is 0 Å². The van der Waals surface area contributed by atoms with E-state index in [0.29, 0.717) is 0 Å². The SMILES string of the molecule is Brc1cncc(CN2CCCC3CCCCC32)c1. The van der Waals surface area contributed by atoms with E-state index < -0.39 is 0 Å². The molecule has 18 heavy (non-hydrogen) atoms. The van der Waals surface area contributed by atoms with Crippen molar-refractivity contribution in [3.8, 4) is 0 Å². The second-order valence-electron chi connectivity index (χ2n) is 5.74. The van der Waals surface area contributed by atoms with Gasteiger partial charge in [-0.05, 0) is 65.7 Å². The van der Waals surface area contributed by atoms with Crippen LogP contribution >= 0.6 is 15.9 Å². The molecule has 2 atom stereocenters. The number of halogens is 1. The van der Waals surface area contributed by atoms with E-state index in [2.05, 4.69) is 31.9 Å². The topological polar surface area (TPSA) is 16.1 Å². The Morgan fingerprint density at radius 3 is 2.89 bits per heavy atom. The molecule has 3 heteroatoms. The zero-order valence-corrected chi connectivity index (χ0v) is 12.4. The summed E-state index contributed by atoms with van der Waals surface area (Å²) in [6.07, 6.45) is 12.5. The van der Waals surface area contributed by atoms with Crippen LogP contribution in [-0.2, 0) is 6.54 Å².